The van der Waals surface area contributed by atoms with Crippen LogP contribution in [0.4, 0.5) is 0 Å². The second kappa shape index (κ2) is 11.2. The van der Waals surface area contributed by atoms with E-state index in [0.717, 1.165) is 25.7 Å². The van der Waals surface area contributed by atoms with Gasteiger partial charge in [0.05, 0.1) is 23.5 Å². The molecule has 266 valence electrons. The minimum Gasteiger partial charge on any atom is -0.481 e. The molecule has 0 aromatic rings. The first kappa shape index (κ1) is 35.2. The number of fused-ring (bicyclic) bond motifs is 7. The molecule has 7 N–H and O–H groups in total. The Morgan fingerprint density at radius 2 is 1.51 bits per heavy atom. The van der Waals surface area contributed by atoms with Gasteiger partial charge < -0.3 is 45.2 Å². The van der Waals surface area contributed by atoms with Gasteiger partial charge in [0.1, 0.15) is 30.5 Å². The lowest BCUT2D eigenvalue weighted by Crippen LogP contribution is -2.70. The second-order valence-corrected chi connectivity index (χ2v) is 17.8. The molecule has 11 heteroatoms. The molecule has 1 aliphatic heterocycles. The molecule has 0 unspecified atom stereocenters. The molecule has 15 atom stereocenters. The zero-order valence-electron chi connectivity index (χ0n) is 28.7. The Kier molecular flexibility index (Phi) is 8.40. The molecule has 0 amide bonds. The highest BCUT2D eigenvalue weighted by Gasteiger charge is 2.72. The molecule has 1 saturated heterocycles. The van der Waals surface area contributed by atoms with Crippen molar-refractivity contribution in [3.63, 3.8) is 0 Å². The van der Waals surface area contributed by atoms with E-state index in [1.165, 1.54) is 5.57 Å². The smallest absolute Gasteiger partial charge is 0.312 e. The van der Waals surface area contributed by atoms with Crippen LogP contribution in [-0.2, 0) is 19.1 Å². The molecule has 47 heavy (non-hydrogen) atoms. The Morgan fingerprint density at radius 3 is 2.13 bits per heavy atom. The molecule has 0 aromatic heterocycles. The summed E-state index contributed by atoms with van der Waals surface area (Å²) in [5.74, 6) is -2.29. The SMILES string of the molecule is CC1(C)CC[C@]2(C(=O)O)CC[C@]3(C)C(=CC[C@@H]4[C@@]5(C)C[C@H](O)[C@H](O[C@H]6O[C@H](CO)[C@H](O)[C@H](O)[C@H]6O)[C@@](C)(C(=O)O)[C@H]5CC[C@]43C)[C@@H]2C1. The number of carboxylic acids is 2. The largest absolute Gasteiger partial charge is 0.481 e. The number of carbonyl (C=O) groups is 2. The van der Waals surface area contributed by atoms with Gasteiger partial charge in [-0.1, -0.05) is 46.3 Å². The monoisotopic (exact) mass is 664 g/mol. The predicted molar refractivity (Wildman–Crippen MR) is 169 cm³/mol. The van der Waals surface area contributed by atoms with E-state index >= 15 is 0 Å². The van der Waals surface area contributed by atoms with Crippen molar-refractivity contribution >= 4 is 11.9 Å². The summed E-state index contributed by atoms with van der Waals surface area (Å²) in [4.78, 5) is 26.3. The lowest BCUT2D eigenvalue weighted by atomic mass is 9.33. The van der Waals surface area contributed by atoms with Crippen LogP contribution in [-0.4, -0.2) is 97.2 Å². The van der Waals surface area contributed by atoms with E-state index < -0.39 is 83.6 Å². The van der Waals surface area contributed by atoms with Gasteiger partial charge >= 0.3 is 11.9 Å². The van der Waals surface area contributed by atoms with E-state index in [-0.39, 0.29) is 34.5 Å². The highest BCUT2D eigenvalue weighted by atomic mass is 16.7. The number of hydrogen-bond acceptors (Lipinski definition) is 9. The average Bonchev–Trinajstić information content (AvgIpc) is 2.98. The number of aliphatic hydroxyl groups excluding tert-OH is 5. The van der Waals surface area contributed by atoms with Gasteiger partial charge in [-0.3, -0.25) is 9.59 Å². The third kappa shape index (κ3) is 4.69. The number of ether oxygens (including phenoxy) is 2. The molecule has 5 aliphatic carbocycles. The minimum atomic E-state index is -1.73. The lowest BCUT2D eigenvalue weighted by Gasteiger charge is -2.71. The van der Waals surface area contributed by atoms with Crippen molar-refractivity contribution in [1.29, 1.82) is 0 Å². The van der Waals surface area contributed by atoms with Gasteiger partial charge in [-0.05, 0) is 104 Å². The molecule has 5 fully saturated rings. The van der Waals surface area contributed by atoms with Crippen molar-refractivity contribution in [2.75, 3.05) is 6.61 Å². The summed E-state index contributed by atoms with van der Waals surface area (Å²) in [6.07, 6.45) is -2.13. The van der Waals surface area contributed by atoms with E-state index in [0.29, 0.717) is 25.7 Å². The van der Waals surface area contributed by atoms with Crippen molar-refractivity contribution in [2.24, 2.45) is 50.2 Å². The fraction of sp³-hybridized carbons (Fsp3) is 0.889. The van der Waals surface area contributed by atoms with Crippen LogP contribution >= 0.6 is 0 Å². The number of aliphatic carboxylic acids is 2. The normalized spacial score (nSPS) is 53.8. The molecule has 0 bridgehead atoms. The van der Waals surface area contributed by atoms with Crippen LogP contribution in [0, 0.1) is 50.2 Å². The molecular weight excluding hydrogens is 608 g/mol. The highest BCUT2D eigenvalue weighted by Crippen LogP contribution is 2.76. The quantitative estimate of drug-likeness (QED) is 0.169. The Balaban J connectivity index is 1.36. The number of aliphatic hydroxyl groups is 5. The number of rotatable bonds is 5. The molecule has 11 nitrogen and oxygen atoms in total. The molecule has 0 spiro atoms. The van der Waals surface area contributed by atoms with Crippen LogP contribution in [0.1, 0.15) is 99.3 Å². The maximum absolute atomic E-state index is 13.3. The molecule has 0 radical (unpaired) electrons. The van der Waals surface area contributed by atoms with Crippen molar-refractivity contribution in [3.8, 4) is 0 Å². The van der Waals surface area contributed by atoms with Crippen LogP contribution < -0.4 is 0 Å². The Hall–Kier alpha value is -1.60. The second-order valence-electron chi connectivity index (χ2n) is 17.8. The summed E-state index contributed by atoms with van der Waals surface area (Å²) in [5, 5.41) is 74.4. The number of allylic oxidation sites excluding steroid dienone is 2. The Morgan fingerprint density at radius 1 is 0.851 bits per heavy atom. The van der Waals surface area contributed by atoms with E-state index in [1.54, 1.807) is 6.92 Å². The van der Waals surface area contributed by atoms with Crippen molar-refractivity contribution in [2.45, 2.75) is 142 Å². The fourth-order valence-corrected chi connectivity index (χ4v) is 12.2. The van der Waals surface area contributed by atoms with Gasteiger partial charge in [0, 0.05) is 0 Å². The van der Waals surface area contributed by atoms with Crippen molar-refractivity contribution in [3.05, 3.63) is 11.6 Å². The first-order valence-corrected chi connectivity index (χ1v) is 17.5. The average molecular weight is 665 g/mol. The molecule has 4 saturated carbocycles. The summed E-state index contributed by atoms with van der Waals surface area (Å²) in [6, 6.07) is 0. The predicted octanol–water partition coefficient (Wildman–Crippen LogP) is 3.09. The van der Waals surface area contributed by atoms with E-state index in [1.807, 2.05) is 0 Å². The first-order valence-electron chi connectivity index (χ1n) is 17.5. The molecule has 6 rings (SSSR count). The van der Waals surface area contributed by atoms with Crippen LogP contribution in [0.25, 0.3) is 0 Å². The van der Waals surface area contributed by atoms with E-state index in [4.69, 9.17) is 9.47 Å². The van der Waals surface area contributed by atoms with Gasteiger partial charge in [0.2, 0.25) is 0 Å². The van der Waals surface area contributed by atoms with Gasteiger partial charge in [-0.25, -0.2) is 0 Å². The summed E-state index contributed by atoms with van der Waals surface area (Å²) in [6.45, 7) is 12.1. The highest BCUT2D eigenvalue weighted by molar-refractivity contribution is 5.77. The van der Waals surface area contributed by atoms with Gasteiger partial charge in [0.25, 0.3) is 0 Å². The fourth-order valence-electron chi connectivity index (χ4n) is 12.2. The van der Waals surface area contributed by atoms with Crippen LogP contribution in [0.15, 0.2) is 11.6 Å². The summed E-state index contributed by atoms with van der Waals surface area (Å²) in [7, 11) is 0. The molecule has 1 heterocycles. The third-order valence-corrected chi connectivity index (χ3v) is 15.2. The van der Waals surface area contributed by atoms with Crippen LogP contribution in [0.3, 0.4) is 0 Å². The van der Waals surface area contributed by atoms with Gasteiger partial charge in [-0.2, -0.15) is 0 Å². The van der Waals surface area contributed by atoms with Gasteiger partial charge in [0.15, 0.2) is 6.29 Å². The zero-order chi connectivity index (χ0) is 34.7. The third-order valence-electron chi connectivity index (χ3n) is 15.2. The lowest BCUT2D eigenvalue weighted by molar-refractivity contribution is -0.340. The Bertz CT molecular complexity index is 1310. The van der Waals surface area contributed by atoms with Crippen molar-refractivity contribution in [1.82, 2.24) is 0 Å². The van der Waals surface area contributed by atoms with Crippen molar-refractivity contribution < 1.29 is 54.8 Å². The minimum absolute atomic E-state index is 0.0120. The maximum atomic E-state index is 13.3. The number of hydrogen-bond donors (Lipinski definition) is 7. The van der Waals surface area contributed by atoms with Crippen LogP contribution in [0.5, 0.6) is 0 Å². The molecule has 0 aromatic carbocycles. The zero-order valence-corrected chi connectivity index (χ0v) is 28.7. The summed E-state index contributed by atoms with van der Waals surface area (Å²) in [5.41, 5.74) is -2.22. The molecule has 6 aliphatic rings. The summed E-state index contributed by atoms with van der Waals surface area (Å²) >= 11 is 0. The van der Waals surface area contributed by atoms with E-state index in [2.05, 4.69) is 40.7 Å². The van der Waals surface area contributed by atoms with Gasteiger partial charge in [-0.15, -0.1) is 0 Å². The summed E-state index contributed by atoms with van der Waals surface area (Å²) < 4.78 is 11.7. The number of carboxylic acid groups (broad SMARTS) is 2. The Labute approximate surface area is 277 Å². The standard InChI is InChI=1S/C36H56O11/c1-31(2)11-13-36(30(44)45)14-12-33(4)18(19(36)15-31)7-8-22-32(3)16-20(38)27(35(6,29(42)43)23(32)9-10-34(22,33)5)47-28-26(41)25(40)24(39)21(17-37)46-28/h7,19-28,37-41H,8-17H2,1-6H3,(H,42,43)(H,44,45)/t19-,20-,21+,22+,23-,24-,25-,26+,27-,28+,32+,33+,34+,35-,36-/m0/s1. The van der Waals surface area contributed by atoms with Crippen LogP contribution in [0.2, 0.25) is 0 Å². The first-order chi connectivity index (χ1) is 21.7. The molecular formula is C36H56O11. The topological polar surface area (TPSA) is 194 Å². The maximum Gasteiger partial charge on any atom is 0.312 e. The van der Waals surface area contributed by atoms with E-state index in [9.17, 15) is 45.3 Å².